The van der Waals surface area contributed by atoms with Gasteiger partial charge in [0.2, 0.25) is 10.0 Å². The molecule has 1 aliphatic heterocycles. The third-order valence-electron chi connectivity index (χ3n) is 4.71. The van der Waals surface area contributed by atoms with Crippen LogP contribution >= 0.6 is 0 Å². The summed E-state index contributed by atoms with van der Waals surface area (Å²) in [6.45, 7) is 2.80. The lowest BCUT2D eigenvalue weighted by Crippen LogP contribution is -2.49. The molecule has 0 bridgehead atoms. The van der Waals surface area contributed by atoms with Crippen molar-refractivity contribution in [2.24, 2.45) is 0 Å². The van der Waals surface area contributed by atoms with E-state index < -0.39 is 10.0 Å². The van der Waals surface area contributed by atoms with Gasteiger partial charge >= 0.3 is 0 Å². The van der Waals surface area contributed by atoms with Crippen molar-refractivity contribution in [2.45, 2.75) is 11.8 Å². The molecule has 2 aromatic carbocycles. The fraction of sp³-hybridized carbons (Fsp3) is 0.250. The molecule has 1 fully saturated rings. The number of nitrogens with zero attached hydrogens (tertiary/aromatic N) is 4. The summed E-state index contributed by atoms with van der Waals surface area (Å²) < 4.78 is 27.1. The summed E-state index contributed by atoms with van der Waals surface area (Å²) >= 11 is 0. The highest BCUT2D eigenvalue weighted by Gasteiger charge is 2.29. The minimum Gasteiger partial charge on any atom is -0.368 e. The number of carbonyl (C=O) groups is 1. The third kappa shape index (κ3) is 3.74. The van der Waals surface area contributed by atoms with Crippen LogP contribution in [0.5, 0.6) is 0 Å². The minimum absolute atomic E-state index is 0.105. The van der Waals surface area contributed by atoms with E-state index in [1.54, 1.807) is 18.2 Å². The minimum atomic E-state index is -3.65. The Bertz CT molecular complexity index is 1090. The third-order valence-corrected chi connectivity index (χ3v) is 6.62. The number of carbonyl (C=O) groups excluding carboxylic acids is 1. The first kappa shape index (κ1) is 19.6. The predicted octanol–water partition coefficient (Wildman–Crippen LogP) is 2.14. The summed E-state index contributed by atoms with van der Waals surface area (Å²) in [4.78, 5) is 14.0. The van der Waals surface area contributed by atoms with Gasteiger partial charge in [0.1, 0.15) is 0 Å². The predicted molar refractivity (Wildman–Crippen MR) is 103 cm³/mol. The maximum Gasteiger partial charge on any atom is 0.243 e. The first-order chi connectivity index (χ1) is 13.4. The van der Waals surface area contributed by atoms with E-state index in [1.807, 2.05) is 11.0 Å². The summed E-state index contributed by atoms with van der Waals surface area (Å²) in [5.41, 5.74) is 2.02. The average Bonchev–Trinajstić information content (AvgIpc) is 2.73. The van der Waals surface area contributed by atoms with Gasteiger partial charge in [0, 0.05) is 37.4 Å². The fourth-order valence-electron chi connectivity index (χ4n) is 3.18. The number of nitriles is 2. The first-order valence-corrected chi connectivity index (χ1v) is 10.1. The molecule has 0 radical (unpaired) electrons. The van der Waals surface area contributed by atoms with E-state index >= 15 is 0 Å². The molecule has 28 heavy (non-hydrogen) atoms. The number of ketones is 1. The Labute approximate surface area is 164 Å². The van der Waals surface area contributed by atoms with E-state index in [9.17, 15) is 13.2 Å². The van der Waals surface area contributed by atoms with E-state index in [2.05, 4.69) is 6.07 Å². The quantitative estimate of drug-likeness (QED) is 0.736. The number of hydrogen-bond donors (Lipinski definition) is 0. The molecule has 0 N–H and O–H groups in total. The highest BCUT2D eigenvalue weighted by Crippen LogP contribution is 2.26. The molecule has 142 valence electrons. The standard InChI is InChI=1S/C20H18N4O3S/c1-15(25)19-7-4-17(14-22)12-20(19)23-8-10-24(11-9-23)28(26,27)18-5-2-16(13-21)3-6-18/h2-7,12H,8-11H2,1H3. The molecule has 1 heterocycles. The molecule has 0 atom stereocenters. The molecular formula is C20H18N4O3S. The van der Waals surface area contributed by atoms with Crippen molar-refractivity contribution in [3.63, 3.8) is 0 Å². The van der Waals surface area contributed by atoms with Crippen LogP contribution in [0.25, 0.3) is 0 Å². The van der Waals surface area contributed by atoms with Crippen LogP contribution in [-0.2, 0) is 10.0 Å². The second-order valence-corrected chi connectivity index (χ2v) is 8.37. The Morgan fingerprint density at radius 3 is 2.04 bits per heavy atom. The number of hydrogen-bond acceptors (Lipinski definition) is 6. The summed E-state index contributed by atoms with van der Waals surface area (Å²) in [6, 6.07) is 14.8. The van der Waals surface area contributed by atoms with E-state index in [1.165, 1.54) is 35.5 Å². The molecule has 0 spiro atoms. The molecule has 0 unspecified atom stereocenters. The first-order valence-electron chi connectivity index (χ1n) is 8.67. The molecule has 0 amide bonds. The van der Waals surface area contributed by atoms with Gasteiger partial charge < -0.3 is 4.90 Å². The van der Waals surface area contributed by atoms with Crippen LogP contribution in [0, 0.1) is 22.7 Å². The van der Waals surface area contributed by atoms with Crippen LogP contribution in [-0.4, -0.2) is 44.7 Å². The van der Waals surface area contributed by atoms with Gasteiger partial charge in [-0.1, -0.05) is 0 Å². The molecule has 3 rings (SSSR count). The van der Waals surface area contributed by atoms with Crippen LogP contribution in [0.4, 0.5) is 5.69 Å². The van der Waals surface area contributed by atoms with Gasteiger partial charge in [0.25, 0.3) is 0 Å². The highest BCUT2D eigenvalue weighted by atomic mass is 32.2. The Balaban J connectivity index is 1.80. The number of piperazine rings is 1. The molecule has 8 heteroatoms. The van der Waals surface area contributed by atoms with E-state index in [0.717, 1.165) is 0 Å². The Morgan fingerprint density at radius 2 is 1.50 bits per heavy atom. The van der Waals surface area contributed by atoms with Crippen molar-refractivity contribution >= 4 is 21.5 Å². The molecule has 0 aromatic heterocycles. The second kappa shape index (κ2) is 7.81. The van der Waals surface area contributed by atoms with Crippen molar-refractivity contribution in [1.82, 2.24) is 4.31 Å². The molecule has 2 aromatic rings. The normalized spacial score (nSPS) is 14.9. The molecule has 0 aliphatic carbocycles. The van der Waals surface area contributed by atoms with Gasteiger partial charge in [-0.2, -0.15) is 14.8 Å². The molecule has 0 saturated carbocycles. The second-order valence-electron chi connectivity index (χ2n) is 6.43. The monoisotopic (exact) mass is 394 g/mol. The van der Waals surface area contributed by atoms with Gasteiger partial charge in [0.15, 0.2) is 5.78 Å². The van der Waals surface area contributed by atoms with Gasteiger partial charge in [-0.3, -0.25) is 4.79 Å². The van der Waals surface area contributed by atoms with Crippen molar-refractivity contribution < 1.29 is 13.2 Å². The van der Waals surface area contributed by atoms with E-state index in [0.29, 0.717) is 35.5 Å². The number of sulfonamides is 1. The van der Waals surface area contributed by atoms with Gasteiger partial charge in [-0.15, -0.1) is 0 Å². The van der Waals surface area contributed by atoms with Crippen LogP contribution in [0.1, 0.15) is 28.4 Å². The number of Topliss-reactive ketones (excluding diaryl/α,β-unsaturated/α-hetero) is 1. The maximum absolute atomic E-state index is 12.8. The van der Waals surface area contributed by atoms with Crippen LogP contribution in [0.2, 0.25) is 0 Å². The lowest BCUT2D eigenvalue weighted by Gasteiger charge is -2.36. The van der Waals surface area contributed by atoms with Crippen molar-refractivity contribution in [2.75, 3.05) is 31.1 Å². The van der Waals surface area contributed by atoms with Crippen LogP contribution in [0.3, 0.4) is 0 Å². The van der Waals surface area contributed by atoms with Crippen LogP contribution in [0.15, 0.2) is 47.4 Å². The highest BCUT2D eigenvalue weighted by molar-refractivity contribution is 7.89. The van der Waals surface area contributed by atoms with E-state index in [4.69, 9.17) is 10.5 Å². The number of anilines is 1. The summed E-state index contributed by atoms with van der Waals surface area (Å²) in [6.07, 6.45) is 0. The van der Waals surface area contributed by atoms with Crippen molar-refractivity contribution in [1.29, 1.82) is 10.5 Å². The fourth-order valence-corrected chi connectivity index (χ4v) is 4.60. The maximum atomic E-state index is 12.8. The van der Waals surface area contributed by atoms with Gasteiger partial charge in [-0.05, 0) is 49.4 Å². The summed E-state index contributed by atoms with van der Waals surface area (Å²) in [5.74, 6) is -0.105. The summed E-state index contributed by atoms with van der Waals surface area (Å²) in [5, 5.41) is 18.0. The zero-order valence-electron chi connectivity index (χ0n) is 15.3. The Hall–Kier alpha value is -3.20. The number of rotatable bonds is 4. The molecule has 1 saturated heterocycles. The number of benzene rings is 2. The zero-order chi connectivity index (χ0) is 20.3. The largest absolute Gasteiger partial charge is 0.368 e. The lowest BCUT2D eigenvalue weighted by molar-refractivity contribution is 0.101. The molecular weight excluding hydrogens is 376 g/mol. The van der Waals surface area contributed by atoms with E-state index in [-0.39, 0.29) is 23.8 Å². The Morgan fingerprint density at radius 1 is 0.929 bits per heavy atom. The smallest absolute Gasteiger partial charge is 0.243 e. The summed E-state index contributed by atoms with van der Waals surface area (Å²) in [7, 11) is -3.65. The lowest BCUT2D eigenvalue weighted by atomic mass is 10.0. The molecule has 1 aliphatic rings. The molecule has 7 nitrogen and oxygen atoms in total. The average molecular weight is 394 g/mol. The topological polar surface area (TPSA) is 105 Å². The van der Waals surface area contributed by atoms with Gasteiger partial charge in [-0.25, -0.2) is 8.42 Å². The van der Waals surface area contributed by atoms with Crippen LogP contribution < -0.4 is 4.90 Å². The zero-order valence-corrected chi connectivity index (χ0v) is 16.1. The van der Waals surface area contributed by atoms with Crippen molar-refractivity contribution in [3.05, 3.63) is 59.2 Å². The van der Waals surface area contributed by atoms with Crippen molar-refractivity contribution in [3.8, 4) is 12.1 Å². The Kier molecular flexibility index (Phi) is 5.46. The van der Waals surface area contributed by atoms with Gasteiger partial charge in [0.05, 0.1) is 28.2 Å². The SMILES string of the molecule is CC(=O)c1ccc(C#N)cc1N1CCN(S(=O)(=O)c2ccc(C#N)cc2)CC1.